The number of nitrogens with zero attached hydrogens (tertiary/aromatic N) is 1. The molecule has 12 heavy (non-hydrogen) atoms. The van der Waals surface area contributed by atoms with Crippen LogP contribution in [0.4, 0.5) is 0 Å². The van der Waals surface area contributed by atoms with Crippen LogP contribution in [0.1, 0.15) is 6.92 Å². The molecule has 0 spiro atoms. The molecule has 0 aliphatic carbocycles. The van der Waals surface area contributed by atoms with Crippen LogP contribution in [0.25, 0.3) is 0 Å². The summed E-state index contributed by atoms with van der Waals surface area (Å²) >= 11 is 0. The smallest absolute Gasteiger partial charge is 0.374 e. The molecule has 0 aromatic carbocycles. The van der Waals surface area contributed by atoms with Gasteiger partial charge in [0.05, 0.1) is 0 Å². The molecule has 0 aromatic rings. The van der Waals surface area contributed by atoms with Crippen LogP contribution in [0.3, 0.4) is 0 Å². The molecule has 0 radical (unpaired) electrons. The van der Waals surface area contributed by atoms with Gasteiger partial charge in [-0.1, -0.05) is 6.58 Å². The van der Waals surface area contributed by atoms with Crippen LogP contribution in [0, 0.1) is 0 Å². The molecule has 0 bridgehead atoms. The zero-order chi connectivity index (χ0) is 9.78. The first-order valence-electron chi connectivity index (χ1n) is 3.18. The predicted octanol–water partition coefficient (Wildman–Crippen LogP) is 1.32. The molecular weight excluding hydrogens is 179 g/mol. The van der Waals surface area contributed by atoms with Gasteiger partial charge in [0, 0.05) is 14.2 Å². The Hall–Kier alpha value is -0.640. The Morgan fingerprint density at radius 2 is 1.92 bits per heavy atom. The van der Waals surface area contributed by atoms with Gasteiger partial charge in [0.25, 0.3) is 0 Å². The average molecular weight is 192 g/mol. The molecule has 0 amide bonds. The van der Waals surface area contributed by atoms with Crippen molar-refractivity contribution in [2.45, 2.75) is 6.92 Å². The van der Waals surface area contributed by atoms with Crippen molar-refractivity contribution >= 4 is 13.0 Å². The Morgan fingerprint density at radius 3 is 2.17 bits per heavy atom. The van der Waals surface area contributed by atoms with Gasteiger partial charge in [-0.2, -0.15) is 0 Å². The highest BCUT2D eigenvalue weighted by atomic mass is 31.2. The average Bonchev–Trinajstić information content (AvgIpc) is 2.02. The third-order valence-electron chi connectivity index (χ3n) is 1.18. The monoisotopic (exact) mass is 192 g/mol. The molecule has 0 aromatic heterocycles. The van der Waals surface area contributed by atoms with E-state index in [2.05, 4.69) is 20.6 Å². The highest BCUT2D eigenvalue weighted by Crippen LogP contribution is 2.47. The van der Waals surface area contributed by atoms with E-state index in [-0.39, 0.29) is 11.3 Å². The first-order chi connectivity index (χ1) is 5.46. The van der Waals surface area contributed by atoms with E-state index in [9.17, 15) is 4.57 Å². The fourth-order valence-electron chi connectivity index (χ4n) is 0.608. The first-order valence-corrected chi connectivity index (χ1v) is 4.72. The number of rotatable bonds is 4. The third kappa shape index (κ3) is 2.77. The van der Waals surface area contributed by atoms with Crippen molar-refractivity contribution in [1.29, 1.82) is 0 Å². The highest BCUT2D eigenvalue weighted by molar-refractivity contribution is 7.72. The second-order valence-electron chi connectivity index (χ2n) is 2.01. The molecule has 0 atom stereocenters. The van der Waals surface area contributed by atoms with Gasteiger partial charge in [0.1, 0.15) is 11.3 Å². The number of hydrogen-bond acceptors (Lipinski definition) is 5. The van der Waals surface area contributed by atoms with Crippen molar-refractivity contribution in [3.63, 3.8) is 0 Å². The molecule has 6 heteroatoms. The molecule has 70 valence electrons. The summed E-state index contributed by atoms with van der Waals surface area (Å²) in [7, 11) is -0.656. The summed E-state index contributed by atoms with van der Waals surface area (Å²) in [5, 5.41) is 0. The fraction of sp³-hybridized carbons (Fsp3) is 0.500. The standard InChI is InChI=1S/C6H13N2O3P/c1-5(7)8-6(2)12(9,10-3)11-4/h1,7H2,2-4H3. The van der Waals surface area contributed by atoms with Crippen LogP contribution < -0.4 is 5.73 Å². The molecule has 5 nitrogen and oxygen atoms in total. The van der Waals surface area contributed by atoms with E-state index in [1.807, 2.05) is 0 Å². The van der Waals surface area contributed by atoms with Gasteiger partial charge in [0.2, 0.25) is 0 Å². The van der Waals surface area contributed by atoms with Crippen molar-refractivity contribution in [2.75, 3.05) is 14.2 Å². The van der Waals surface area contributed by atoms with E-state index >= 15 is 0 Å². The van der Waals surface area contributed by atoms with E-state index in [0.29, 0.717) is 0 Å². The Labute approximate surface area is 71.8 Å². The largest absolute Gasteiger partial charge is 0.384 e. The topological polar surface area (TPSA) is 73.9 Å². The van der Waals surface area contributed by atoms with E-state index < -0.39 is 7.60 Å². The second-order valence-corrected chi connectivity index (χ2v) is 4.39. The van der Waals surface area contributed by atoms with Crippen molar-refractivity contribution in [3.8, 4) is 0 Å². The van der Waals surface area contributed by atoms with Gasteiger partial charge in [0.15, 0.2) is 0 Å². The minimum absolute atomic E-state index is 0.0711. The molecule has 0 saturated heterocycles. The normalized spacial score (nSPS) is 13.1. The summed E-state index contributed by atoms with van der Waals surface area (Å²) in [5.41, 5.74) is 5.38. The Morgan fingerprint density at radius 1 is 1.50 bits per heavy atom. The molecular formula is C6H13N2O3P. The van der Waals surface area contributed by atoms with Crippen LogP contribution in [0.5, 0.6) is 0 Å². The van der Waals surface area contributed by atoms with Gasteiger partial charge in [-0.15, -0.1) is 0 Å². The lowest BCUT2D eigenvalue weighted by atomic mass is 10.8. The Balaban J connectivity index is 4.76. The number of nitrogens with two attached hydrogens (primary N) is 1. The summed E-state index contributed by atoms with van der Waals surface area (Å²) in [6.45, 7) is 4.84. The van der Waals surface area contributed by atoms with Crippen LogP contribution >= 0.6 is 7.60 Å². The van der Waals surface area contributed by atoms with E-state index in [0.717, 1.165) is 0 Å². The van der Waals surface area contributed by atoms with Crippen LogP contribution in [0.2, 0.25) is 0 Å². The Bertz CT molecular complexity index is 241. The van der Waals surface area contributed by atoms with Crippen LogP contribution in [-0.4, -0.2) is 19.7 Å². The van der Waals surface area contributed by atoms with E-state index in [1.165, 1.54) is 21.1 Å². The van der Waals surface area contributed by atoms with Gasteiger partial charge in [-0.05, 0) is 6.92 Å². The molecule has 0 saturated carbocycles. The SMILES string of the molecule is C=C(N)N=C(C)P(=O)(OC)OC. The van der Waals surface area contributed by atoms with Crippen molar-refractivity contribution in [3.05, 3.63) is 12.4 Å². The van der Waals surface area contributed by atoms with Crippen molar-refractivity contribution < 1.29 is 13.6 Å². The summed E-state index contributed by atoms with van der Waals surface area (Å²) in [5.74, 6) is 0.0711. The van der Waals surface area contributed by atoms with E-state index in [4.69, 9.17) is 5.73 Å². The highest BCUT2D eigenvalue weighted by Gasteiger charge is 2.25. The van der Waals surface area contributed by atoms with E-state index in [1.54, 1.807) is 0 Å². The summed E-state index contributed by atoms with van der Waals surface area (Å²) in [6, 6.07) is 0. The fourth-order valence-corrected chi connectivity index (χ4v) is 1.54. The quantitative estimate of drug-likeness (QED) is 0.538. The molecule has 0 fully saturated rings. The maximum Gasteiger partial charge on any atom is 0.374 e. The third-order valence-corrected chi connectivity index (χ3v) is 3.04. The van der Waals surface area contributed by atoms with Gasteiger partial charge in [-0.25, -0.2) is 4.99 Å². The van der Waals surface area contributed by atoms with Crippen LogP contribution in [-0.2, 0) is 13.6 Å². The lowest BCUT2D eigenvalue weighted by molar-refractivity contribution is 0.290. The first kappa shape index (κ1) is 11.4. The second kappa shape index (κ2) is 4.40. The van der Waals surface area contributed by atoms with Gasteiger partial charge in [-0.3, -0.25) is 4.57 Å². The summed E-state index contributed by atoms with van der Waals surface area (Å²) in [6.07, 6.45) is 0. The lowest BCUT2D eigenvalue weighted by Crippen LogP contribution is -2.02. The zero-order valence-electron chi connectivity index (χ0n) is 7.40. The molecule has 0 aliphatic rings. The number of aliphatic imine (C=N–C) groups is 1. The lowest BCUT2D eigenvalue weighted by Gasteiger charge is -2.12. The molecule has 0 unspecified atom stereocenters. The minimum Gasteiger partial charge on any atom is -0.384 e. The molecule has 0 heterocycles. The number of hydrogen-bond donors (Lipinski definition) is 1. The van der Waals surface area contributed by atoms with Crippen molar-refractivity contribution in [1.82, 2.24) is 0 Å². The summed E-state index contributed by atoms with van der Waals surface area (Å²) < 4.78 is 20.8. The predicted molar refractivity (Wildman–Crippen MR) is 48.1 cm³/mol. The van der Waals surface area contributed by atoms with Gasteiger partial charge >= 0.3 is 7.60 Å². The van der Waals surface area contributed by atoms with Crippen molar-refractivity contribution in [2.24, 2.45) is 10.7 Å². The molecule has 0 aliphatic heterocycles. The molecule has 0 rings (SSSR count). The maximum absolute atomic E-state index is 11.5. The van der Waals surface area contributed by atoms with Gasteiger partial charge < -0.3 is 14.8 Å². The molecule has 2 N–H and O–H groups in total. The minimum atomic E-state index is -3.22. The maximum atomic E-state index is 11.5. The summed E-state index contributed by atoms with van der Waals surface area (Å²) in [4.78, 5) is 3.68. The Kier molecular flexibility index (Phi) is 4.17. The zero-order valence-corrected chi connectivity index (χ0v) is 8.30. The van der Waals surface area contributed by atoms with Crippen LogP contribution in [0.15, 0.2) is 17.4 Å².